The van der Waals surface area contributed by atoms with Crippen LogP contribution in [-0.2, 0) is 10.0 Å². The van der Waals surface area contributed by atoms with Gasteiger partial charge < -0.3 is 4.90 Å². The van der Waals surface area contributed by atoms with Gasteiger partial charge in [0, 0.05) is 36.2 Å². The molecule has 9 heteroatoms. The van der Waals surface area contributed by atoms with E-state index in [-0.39, 0.29) is 40.1 Å². The van der Waals surface area contributed by atoms with Crippen molar-refractivity contribution in [1.82, 2.24) is 9.21 Å². The third kappa shape index (κ3) is 4.43. The van der Waals surface area contributed by atoms with Crippen molar-refractivity contribution >= 4 is 39.1 Å². The Labute approximate surface area is 167 Å². The van der Waals surface area contributed by atoms with Gasteiger partial charge in [-0.15, -0.1) is 0 Å². The largest absolute Gasteiger partial charge is 0.337 e. The summed E-state index contributed by atoms with van der Waals surface area (Å²) in [5, 5.41) is 0.458. The number of sulfonamides is 1. The Morgan fingerprint density at radius 3 is 2.30 bits per heavy atom. The van der Waals surface area contributed by atoms with Gasteiger partial charge in [-0.1, -0.05) is 35.3 Å². The molecule has 1 heterocycles. The fraction of sp³-hybridized carbons (Fsp3) is 0.278. The molecule has 144 valence electrons. The Kier molecular flexibility index (Phi) is 6.05. The quantitative estimate of drug-likeness (QED) is 0.746. The second kappa shape index (κ2) is 8.14. The number of nitrogens with zero attached hydrogens (tertiary/aromatic N) is 2. The summed E-state index contributed by atoms with van der Waals surface area (Å²) in [7, 11) is -3.80. The highest BCUT2D eigenvalue weighted by atomic mass is 35.5. The third-order valence-corrected chi connectivity index (χ3v) is 6.63. The van der Waals surface area contributed by atoms with Gasteiger partial charge >= 0.3 is 0 Å². The smallest absolute Gasteiger partial charge is 0.256 e. The van der Waals surface area contributed by atoms with E-state index in [4.69, 9.17) is 23.2 Å². The summed E-state index contributed by atoms with van der Waals surface area (Å²) in [5.74, 6) is -1.04. The zero-order valence-electron chi connectivity index (χ0n) is 14.2. The van der Waals surface area contributed by atoms with Gasteiger partial charge in [0.15, 0.2) is 0 Å². The third-order valence-electron chi connectivity index (χ3n) is 4.32. The summed E-state index contributed by atoms with van der Waals surface area (Å²) in [6, 6.07) is 9.90. The Hall–Kier alpha value is -1.67. The van der Waals surface area contributed by atoms with Gasteiger partial charge in [-0.25, -0.2) is 12.8 Å². The fourth-order valence-corrected chi connectivity index (χ4v) is 5.17. The van der Waals surface area contributed by atoms with Crippen molar-refractivity contribution in [3.8, 4) is 0 Å². The lowest BCUT2D eigenvalue weighted by Crippen LogP contribution is -2.37. The molecular formula is C18H17Cl2FN2O3S. The maximum atomic E-state index is 13.9. The highest BCUT2D eigenvalue weighted by Crippen LogP contribution is 2.25. The summed E-state index contributed by atoms with van der Waals surface area (Å²) >= 11 is 11.8. The van der Waals surface area contributed by atoms with Gasteiger partial charge in [0.25, 0.3) is 5.91 Å². The number of amides is 1. The van der Waals surface area contributed by atoms with Crippen LogP contribution in [0.3, 0.4) is 0 Å². The van der Waals surface area contributed by atoms with Gasteiger partial charge in [0.05, 0.1) is 10.5 Å². The van der Waals surface area contributed by atoms with E-state index in [0.29, 0.717) is 13.0 Å². The molecule has 1 aliphatic rings. The molecule has 0 aromatic heterocycles. The molecule has 1 saturated heterocycles. The van der Waals surface area contributed by atoms with E-state index in [1.54, 1.807) is 6.07 Å². The van der Waals surface area contributed by atoms with Crippen molar-refractivity contribution in [2.45, 2.75) is 11.3 Å². The van der Waals surface area contributed by atoms with Crippen LogP contribution in [0.4, 0.5) is 4.39 Å². The molecule has 0 atom stereocenters. The van der Waals surface area contributed by atoms with Crippen LogP contribution in [0.1, 0.15) is 16.8 Å². The molecule has 1 fully saturated rings. The number of halogens is 3. The first-order valence-corrected chi connectivity index (χ1v) is 10.5. The van der Waals surface area contributed by atoms with E-state index in [9.17, 15) is 17.6 Å². The molecule has 0 aliphatic carbocycles. The Balaban J connectivity index is 1.78. The monoisotopic (exact) mass is 430 g/mol. The zero-order valence-corrected chi connectivity index (χ0v) is 16.6. The van der Waals surface area contributed by atoms with E-state index in [1.807, 2.05) is 0 Å². The van der Waals surface area contributed by atoms with E-state index >= 15 is 0 Å². The summed E-state index contributed by atoms with van der Waals surface area (Å²) < 4.78 is 41.0. The van der Waals surface area contributed by atoms with E-state index in [2.05, 4.69) is 0 Å². The molecule has 27 heavy (non-hydrogen) atoms. The first-order chi connectivity index (χ1) is 12.8. The van der Waals surface area contributed by atoms with Crippen molar-refractivity contribution in [2.75, 3.05) is 26.2 Å². The molecule has 0 N–H and O–H groups in total. The Bertz CT molecular complexity index is 949. The van der Waals surface area contributed by atoms with Crippen molar-refractivity contribution in [1.29, 1.82) is 0 Å². The van der Waals surface area contributed by atoms with Crippen LogP contribution in [-0.4, -0.2) is 49.7 Å². The molecule has 0 unspecified atom stereocenters. The molecule has 1 amide bonds. The fourth-order valence-electron chi connectivity index (χ4n) is 2.97. The lowest BCUT2D eigenvalue weighted by Gasteiger charge is -2.22. The number of carbonyl (C=O) groups is 1. The minimum atomic E-state index is -3.80. The van der Waals surface area contributed by atoms with Crippen molar-refractivity contribution < 1.29 is 17.6 Å². The molecule has 3 rings (SSSR count). The van der Waals surface area contributed by atoms with Crippen LogP contribution in [0.15, 0.2) is 47.4 Å². The second-order valence-corrected chi connectivity index (χ2v) is 8.95. The van der Waals surface area contributed by atoms with Crippen LogP contribution >= 0.6 is 23.2 Å². The molecule has 5 nitrogen and oxygen atoms in total. The van der Waals surface area contributed by atoms with Crippen molar-refractivity contribution in [3.63, 3.8) is 0 Å². The zero-order chi connectivity index (χ0) is 19.6. The highest BCUT2D eigenvalue weighted by molar-refractivity contribution is 7.89. The van der Waals surface area contributed by atoms with Crippen LogP contribution in [0.5, 0.6) is 0 Å². The van der Waals surface area contributed by atoms with E-state index in [0.717, 1.165) is 0 Å². The summed E-state index contributed by atoms with van der Waals surface area (Å²) in [4.78, 5) is 14.1. The van der Waals surface area contributed by atoms with Crippen LogP contribution < -0.4 is 0 Å². The molecule has 0 radical (unpaired) electrons. The summed E-state index contributed by atoms with van der Waals surface area (Å²) in [6.07, 6.45) is 0.438. The summed E-state index contributed by atoms with van der Waals surface area (Å²) in [6.45, 7) is 0.858. The molecule has 0 saturated carbocycles. The lowest BCUT2D eigenvalue weighted by atomic mass is 10.2. The molecule has 0 bridgehead atoms. The predicted octanol–water partition coefficient (Wildman–Crippen LogP) is 3.67. The van der Waals surface area contributed by atoms with Gasteiger partial charge in [-0.05, 0) is 36.8 Å². The standard InChI is InChI=1S/C18H17Cl2FN2O3S/c19-13-10-14(20)12-15(11-13)27(25,26)23-7-3-6-22(8-9-23)18(24)16-4-1-2-5-17(16)21/h1-2,4-5,10-12H,3,6-9H2. The van der Waals surface area contributed by atoms with Gasteiger partial charge in [-0.2, -0.15) is 4.31 Å². The minimum absolute atomic E-state index is 0.00822. The Morgan fingerprint density at radius 1 is 0.963 bits per heavy atom. The molecular weight excluding hydrogens is 414 g/mol. The van der Waals surface area contributed by atoms with E-state index in [1.165, 1.54) is 45.6 Å². The highest BCUT2D eigenvalue weighted by Gasteiger charge is 2.29. The molecule has 2 aromatic carbocycles. The number of hydrogen-bond acceptors (Lipinski definition) is 3. The van der Waals surface area contributed by atoms with E-state index < -0.39 is 21.7 Å². The van der Waals surface area contributed by atoms with Gasteiger partial charge in [0.1, 0.15) is 5.82 Å². The van der Waals surface area contributed by atoms with Crippen LogP contribution in [0.2, 0.25) is 10.0 Å². The normalized spacial score (nSPS) is 16.2. The predicted molar refractivity (Wildman–Crippen MR) is 102 cm³/mol. The maximum absolute atomic E-state index is 13.9. The number of rotatable bonds is 3. The van der Waals surface area contributed by atoms with Crippen LogP contribution in [0, 0.1) is 5.82 Å². The van der Waals surface area contributed by atoms with Crippen molar-refractivity contribution in [2.24, 2.45) is 0 Å². The number of benzene rings is 2. The number of hydrogen-bond donors (Lipinski definition) is 0. The van der Waals surface area contributed by atoms with Gasteiger partial charge in [-0.3, -0.25) is 4.79 Å². The maximum Gasteiger partial charge on any atom is 0.256 e. The lowest BCUT2D eigenvalue weighted by molar-refractivity contribution is 0.0759. The average Bonchev–Trinajstić information content (AvgIpc) is 2.87. The second-order valence-electron chi connectivity index (χ2n) is 6.13. The topological polar surface area (TPSA) is 57.7 Å². The first kappa shape index (κ1) is 20.1. The minimum Gasteiger partial charge on any atom is -0.337 e. The molecule has 2 aromatic rings. The first-order valence-electron chi connectivity index (χ1n) is 8.29. The number of carbonyl (C=O) groups excluding carboxylic acids is 1. The molecule has 0 spiro atoms. The SMILES string of the molecule is O=C(c1ccccc1F)N1CCCN(S(=O)(=O)c2cc(Cl)cc(Cl)c2)CC1. The van der Waals surface area contributed by atoms with Crippen LogP contribution in [0.25, 0.3) is 0 Å². The molecule has 1 aliphatic heterocycles. The van der Waals surface area contributed by atoms with Crippen molar-refractivity contribution in [3.05, 3.63) is 63.9 Å². The summed E-state index contributed by atoms with van der Waals surface area (Å²) in [5.41, 5.74) is -0.0181. The average molecular weight is 431 g/mol. The Morgan fingerprint density at radius 2 is 1.63 bits per heavy atom. The van der Waals surface area contributed by atoms with Gasteiger partial charge in [0.2, 0.25) is 10.0 Å².